The number of aryl methyl sites for hydroxylation is 2. The van der Waals surface area contributed by atoms with Gasteiger partial charge >= 0.3 is 0 Å². The number of primary amides is 1. The summed E-state index contributed by atoms with van der Waals surface area (Å²) in [5, 5.41) is 3.43. The molecular formula is C13H21N3O2. The Bertz CT molecular complexity index is 400. The van der Waals surface area contributed by atoms with Crippen molar-refractivity contribution in [1.82, 2.24) is 10.3 Å². The largest absolute Gasteiger partial charge is 0.444 e. The average Bonchev–Trinajstić information content (AvgIpc) is 2.67. The average molecular weight is 251 g/mol. The van der Waals surface area contributed by atoms with Crippen LogP contribution < -0.4 is 11.1 Å². The molecule has 18 heavy (non-hydrogen) atoms. The van der Waals surface area contributed by atoms with Crippen LogP contribution in [0.5, 0.6) is 0 Å². The molecule has 0 aromatic carbocycles. The van der Waals surface area contributed by atoms with E-state index in [4.69, 9.17) is 10.2 Å². The first kappa shape index (κ1) is 13.1. The Balaban J connectivity index is 1.77. The van der Waals surface area contributed by atoms with Gasteiger partial charge in [-0.05, 0) is 39.5 Å². The Morgan fingerprint density at radius 3 is 2.56 bits per heavy atom. The van der Waals surface area contributed by atoms with Crippen LogP contribution in [0.4, 0.5) is 0 Å². The van der Waals surface area contributed by atoms with Crippen LogP contribution in [-0.4, -0.2) is 16.9 Å². The Labute approximate surface area is 107 Å². The van der Waals surface area contributed by atoms with Crippen LogP contribution in [0.2, 0.25) is 0 Å². The van der Waals surface area contributed by atoms with E-state index < -0.39 is 0 Å². The van der Waals surface area contributed by atoms with Gasteiger partial charge in [0, 0.05) is 12.0 Å². The molecule has 1 aliphatic carbocycles. The summed E-state index contributed by atoms with van der Waals surface area (Å²) in [5.41, 5.74) is 6.26. The maximum Gasteiger partial charge on any atom is 0.220 e. The molecular weight excluding hydrogens is 230 g/mol. The van der Waals surface area contributed by atoms with Gasteiger partial charge < -0.3 is 15.5 Å². The van der Waals surface area contributed by atoms with Crippen LogP contribution in [0.1, 0.15) is 43.0 Å². The summed E-state index contributed by atoms with van der Waals surface area (Å²) >= 11 is 0. The SMILES string of the molecule is Cc1nc(CNC2CCC(C(N)=O)CC2)oc1C. The zero-order chi connectivity index (χ0) is 13.1. The van der Waals surface area contributed by atoms with E-state index in [9.17, 15) is 4.79 Å². The Hall–Kier alpha value is -1.36. The minimum Gasteiger partial charge on any atom is -0.444 e. The number of hydrogen-bond donors (Lipinski definition) is 2. The predicted molar refractivity (Wildman–Crippen MR) is 67.8 cm³/mol. The third-order valence-corrected chi connectivity index (χ3v) is 3.74. The van der Waals surface area contributed by atoms with Crippen LogP contribution in [0.25, 0.3) is 0 Å². The molecule has 1 saturated carbocycles. The molecule has 0 unspecified atom stereocenters. The van der Waals surface area contributed by atoms with Gasteiger partial charge in [0.2, 0.25) is 11.8 Å². The van der Waals surface area contributed by atoms with Gasteiger partial charge in [0.1, 0.15) is 5.76 Å². The molecule has 1 amide bonds. The van der Waals surface area contributed by atoms with E-state index in [0.29, 0.717) is 12.6 Å². The maximum absolute atomic E-state index is 11.1. The van der Waals surface area contributed by atoms with Gasteiger partial charge in [-0.1, -0.05) is 0 Å². The number of amides is 1. The Morgan fingerprint density at radius 1 is 1.39 bits per heavy atom. The summed E-state index contributed by atoms with van der Waals surface area (Å²) in [6.45, 7) is 4.52. The highest BCUT2D eigenvalue weighted by Gasteiger charge is 2.24. The summed E-state index contributed by atoms with van der Waals surface area (Å²) in [5.74, 6) is 1.52. The van der Waals surface area contributed by atoms with E-state index in [2.05, 4.69) is 10.3 Å². The molecule has 0 atom stereocenters. The fraction of sp³-hybridized carbons (Fsp3) is 0.692. The van der Waals surface area contributed by atoms with Crippen molar-refractivity contribution in [2.24, 2.45) is 11.7 Å². The van der Waals surface area contributed by atoms with Crippen molar-refractivity contribution in [2.75, 3.05) is 0 Å². The highest BCUT2D eigenvalue weighted by atomic mass is 16.4. The first-order valence-corrected chi connectivity index (χ1v) is 6.52. The molecule has 0 radical (unpaired) electrons. The smallest absolute Gasteiger partial charge is 0.220 e. The number of nitrogens with one attached hydrogen (secondary N) is 1. The molecule has 5 nitrogen and oxygen atoms in total. The molecule has 2 rings (SSSR count). The molecule has 1 heterocycles. The lowest BCUT2D eigenvalue weighted by molar-refractivity contribution is -0.122. The number of aromatic nitrogens is 1. The summed E-state index contributed by atoms with van der Waals surface area (Å²) in [6, 6.07) is 0.438. The number of carbonyl (C=O) groups excluding carboxylic acids is 1. The fourth-order valence-corrected chi connectivity index (χ4v) is 2.43. The molecule has 1 aromatic rings. The molecule has 1 aromatic heterocycles. The van der Waals surface area contributed by atoms with Gasteiger partial charge in [0.05, 0.1) is 12.2 Å². The lowest BCUT2D eigenvalue weighted by Crippen LogP contribution is -2.36. The number of nitrogens with zero attached hydrogens (tertiary/aromatic N) is 1. The topological polar surface area (TPSA) is 81.1 Å². The summed E-state index contributed by atoms with van der Waals surface area (Å²) < 4.78 is 5.52. The van der Waals surface area contributed by atoms with Crippen LogP contribution >= 0.6 is 0 Å². The first-order chi connectivity index (χ1) is 8.56. The monoisotopic (exact) mass is 251 g/mol. The number of hydrogen-bond acceptors (Lipinski definition) is 4. The van der Waals surface area contributed by atoms with Crippen molar-refractivity contribution in [3.8, 4) is 0 Å². The Kier molecular flexibility index (Phi) is 4.01. The molecule has 1 fully saturated rings. The zero-order valence-electron chi connectivity index (χ0n) is 11.0. The predicted octanol–water partition coefficient (Wildman–Crippen LogP) is 1.43. The van der Waals surface area contributed by atoms with Crippen molar-refractivity contribution in [2.45, 2.75) is 52.1 Å². The van der Waals surface area contributed by atoms with Crippen molar-refractivity contribution < 1.29 is 9.21 Å². The first-order valence-electron chi connectivity index (χ1n) is 6.52. The molecule has 0 bridgehead atoms. The van der Waals surface area contributed by atoms with Crippen LogP contribution in [0, 0.1) is 19.8 Å². The third-order valence-electron chi connectivity index (χ3n) is 3.74. The number of carbonyl (C=O) groups is 1. The quantitative estimate of drug-likeness (QED) is 0.848. The van der Waals surface area contributed by atoms with Crippen LogP contribution in [-0.2, 0) is 11.3 Å². The molecule has 3 N–H and O–H groups in total. The summed E-state index contributed by atoms with van der Waals surface area (Å²) in [7, 11) is 0. The lowest BCUT2D eigenvalue weighted by atomic mass is 9.85. The summed E-state index contributed by atoms with van der Waals surface area (Å²) in [6.07, 6.45) is 3.76. The minimum atomic E-state index is -0.160. The minimum absolute atomic E-state index is 0.0641. The number of rotatable bonds is 4. The van der Waals surface area contributed by atoms with E-state index in [1.54, 1.807) is 0 Å². The molecule has 0 aliphatic heterocycles. The highest BCUT2D eigenvalue weighted by Crippen LogP contribution is 2.24. The van der Waals surface area contributed by atoms with Gasteiger partial charge in [-0.3, -0.25) is 4.79 Å². The standard InChI is InChI=1S/C13H21N3O2/c1-8-9(2)18-12(16-8)7-15-11-5-3-10(4-6-11)13(14)17/h10-11,15H,3-7H2,1-2H3,(H2,14,17). The molecule has 1 aliphatic rings. The van der Waals surface area contributed by atoms with Gasteiger partial charge in [-0.15, -0.1) is 0 Å². The van der Waals surface area contributed by atoms with Crippen molar-refractivity contribution in [1.29, 1.82) is 0 Å². The van der Waals surface area contributed by atoms with Gasteiger partial charge in [0.15, 0.2) is 0 Å². The molecule has 0 spiro atoms. The second kappa shape index (κ2) is 5.52. The van der Waals surface area contributed by atoms with Crippen molar-refractivity contribution in [3.63, 3.8) is 0 Å². The number of oxazole rings is 1. The molecule has 0 saturated heterocycles. The van der Waals surface area contributed by atoms with Crippen LogP contribution in [0.3, 0.4) is 0 Å². The van der Waals surface area contributed by atoms with E-state index in [-0.39, 0.29) is 11.8 Å². The second-order valence-electron chi connectivity index (χ2n) is 5.08. The second-order valence-corrected chi connectivity index (χ2v) is 5.08. The third kappa shape index (κ3) is 3.10. The molecule has 100 valence electrons. The van der Waals surface area contributed by atoms with E-state index in [1.807, 2.05) is 13.8 Å². The van der Waals surface area contributed by atoms with Crippen molar-refractivity contribution in [3.05, 3.63) is 17.3 Å². The summed E-state index contributed by atoms with van der Waals surface area (Å²) in [4.78, 5) is 15.4. The molecule has 5 heteroatoms. The lowest BCUT2D eigenvalue weighted by Gasteiger charge is -2.27. The van der Waals surface area contributed by atoms with Gasteiger partial charge in [-0.25, -0.2) is 4.98 Å². The van der Waals surface area contributed by atoms with E-state index >= 15 is 0 Å². The van der Waals surface area contributed by atoms with Crippen LogP contribution in [0.15, 0.2) is 4.42 Å². The van der Waals surface area contributed by atoms with Gasteiger partial charge in [-0.2, -0.15) is 0 Å². The van der Waals surface area contributed by atoms with Crippen molar-refractivity contribution >= 4 is 5.91 Å². The van der Waals surface area contributed by atoms with Gasteiger partial charge in [0.25, 0.3) is 0 Å². The Morgan fingerprint density at radius 2 is 2.06 bits per heavy atom. The maximum atomic E-state index is 11.1. The fourth-order valence-electron chi connectivity index (χ4n) is 2.43. The zero-order valence-corrected chi connectivity index (χ0v) is 11.0. The number of nitrogens with two attached hydrogens (primary N) is 1. The highest BCUT2D eigenvalue weighted by molar-refractivity contribution is 5.76. The normalized spacial score (nSPS) is 24.1. The van der Waals surface area contributed by atoms with E-state index in [1.165, 1.54) is 0 Å². The van der Waals surface area contributed by atoms with E-state index in [0.717, 1.165) is 43.0 Å².